The zero-order valence-corrected chi connectivity index (χ0v) is 11.1. The maximum Gasteiger partial charge on any atom is 0.209 e. The van der Waals surface area contributed by atoms with Crippen molar-refractivity contribution in [2.45, 2.75) is 13.8 Å². The number of hydrogen-bond donors (Lipinski definition) is 1. The standard InChI is InChI=1S/C15H16N4/c1-3-16-15-18-12-8-6-10-17-14(12)19(15)13-9-5-4-7-11(13)2/h4-10H,3H2,1-2H3,(H,16,18). The fraction of sp³-hybridized carbons (Fsp3) is 0.200. The van der Waals surface area contributed by atoms with Crippen molar-refractivity contribution in [1.82, 2.24) is 14.5 Å². The second kappa shape index (κ2) is 4.72. The maximum atomic E-state index is 4.61. The lowest BCUT2D eigenvalue weighted by atomic mass is 10.2. The minimum Gasteiger partial charge on any atom is -0.356 e. The van der Waals surface area contributed by atoms with Gasteiger partial charge in [-0.15, -0.1) is 0 Å². The van der Waals surface area contributed by atoms with Crippen LogP contribution in [-0.4, -0.2) is 21.1 Å². The van der Waals surface area contributed by atoms with Gasteiger partial charge in [0.2, 0.25) is 5.95 Å². The van der Waals surface area contributed by atoms with Crippen LogP contribution in [0.5, 0.6) is 0 Å². The summed E-state index contributed by atoms with van der Waals surface area (Å²) in [7, 11) is 0. The molecule has 0 saturated heterocycles. The zero-order valence-electron chi connectivity index (χ0n) is 11.1. The molecule has 0 atom stereocenters. The van der Waals surface area contributed by atoms with Crippen molar-refractivity contribution in [2.75, 3.05) is 11.9 Å². The highest BCUT2D eigenvalue weighted by Crippen LogP contribution is 2.24. The molecule has 1 N–H and O–H groups in total. The predicted octanol–water partition coefficient (Wildman–Crippen LogP) is 3.16. The molecular formula is C15H16N4. The fourth-order valence-electron chi connectivity index (χ4n) is 2.23. The van der Waals surface area contributed by atoms with Gasteiger partial charge in [-0.1, -0.05) is 18.2 Å². The van der Waals surface area contributed by atoms with Crippen LogP contribution in [0, 0.1) is 6.92 Å². The van der Waals surface area contributed by atoms with E-state index >= 15 is 0 Å². The minimum atomic E-state index is 0.829. The van der Waals surface area contributed by atoms with Crippen molar-refractivity contribution in [2.24, 2.45) is 0 Å². The van der Waals surface area contributed by atoms with Crippen molar-refractivity contribution in [3.63, 3.8) is 0 Å². The number of nitrogens with zero attached hydrogens (tertiary/aromatic N) is 3. The van der Waals surface area contributed by atoms with Gasteiger partial charge in [-0.2, -0.15) is 0 Å². The number of rotatable bonds is 3. The molecule has 0 fully saturated rings. The van der Waals surface area contributed by atoms with E-state index < -0.39 is 0 Å². The molecule has 0 unspecified atom stereocenters. The minimum absolute atomic E-state index is 0.829. The molecule has 0 aliphatic heterocycles. The van der Waals surface area contributed by atoms with Crippen LogP contribution in [-0.2, 0) is 0 Å². The van der Waals surface area contributed by atoms with E-state index in [9.17, 15) is 0 Å². The summed E-state index contributed by atoms with van der Waals surface area (Å²) in [6, 6.07) is 12.2. The van der Waals surface area contributed by atoms with Crippen LogP contribution in [0.15, 0.2) is 42.6 Å². The Balaban J connectivity index is 2.31. The number of anilines is 1. The Kier molecular flexibility index (Phi) is 2.91. The van der Waals surface area contributed by atoms with E-state index in [2.05, 4.69) is 45.8 Å². The highest BCUT2D eigenvalue weighted by atomic mass is 15.2. The molecule has 96 valence electrons. The van der Waals surface area contributed by atoms with Gasteiger partial charge in [0.15, 0.2) is 5.65 Å². The number of aromatic nitrogens is 3. The summed E-state index contributed by atoms with van der Waals surface area (Å²) in [4.78, 5) is 9.07. The number of aryl methyl sites for hydroxylation is 1. The molecule has 4 nitrogen and oxygen atoms in total. The van der Waals surface area contributed by atoms with Crippen LogP contribution >= 0.6 is 0 Å². The normalized spacial score (nSPS) is 10.8. The first-order valence-electron chi connectivity index (χ1n) is 6.44. The summed E-state index contributed by atoms with van der Waals surface area (Å²) in [6.07, 6.45) is 1.80. The lowest BCUT2D eigenvalue weighted by molar-refractivity contribution is 1.02. The molecule has 0 spiro atoms. The Hall–Kier alpha value is -2.36. The van der Waals surface area contributed by atoms with Crippen molar-refractivity contribution < 1.29 is 0 Å². The summed E-state index contributed by atoms with van der Waals surface area (Å²) < 4.78 is 2.08. The smallest absolute Gasteiger partial charge is 0.209 e. The number of fused-ring (bicyclic) bond motifs is 1. The first-order valence-corrected chi connectivity index (χ1v) is 6.44. The highest BCUT2D eigenvalue weighted by molar-refractivity contribution is 5.77. The Morgan fingerprint density at radius 3 is 2.79 bits per heavy atom. The van der Waals surface area contributed by atoms with Gasteiger partial charge in [0.1, 0.15) is 5.52 Å². The predicted molar refractivity (Wildman–Crippen MR) is 77.8 cm³/mol. The zero-order chi connectivity index (χ0) is 13.2. The van der Waals surface area contributed by atoms with Crippen LogP contribution in [0.2, 0.25) is 0 Å². The fourth-order valence-corrected chi connectivity index (χ4v) is 2.23. The molecule has 0 bridgehead atoms. The van der Waals surface area contributed by atoms with Crippen LogP contribution in [0.4, 0.5) is 5.95 Å². The van der Waals surface area contributed by atoms with E-state index in [4.69, 9.17) is 0 Å². The third-order valence-electron chi connectivity index (χ3n) is 3.11. The monoisotopic (exact) mass is 252 g/mol. The van der Waals surface area contributed by atoms with E-state index in [0.29, 0.717) is 0 Å². The first kappa shape index (κ1) is 11.7. The molecule has 0 amide bonds. The molecule has 0 aliphatic carbocycles. The van der Waals surface area contributed by atoms with Gasteiger partial charge in [0.05, 0.1) is 5.69 Å². The molecule has 0 saturated carbocycles. The SMILES string of the molecule is CCNc1nc2cccnc2n1-c1ccccc1C. The van der Waals surface area contributed by atoms with Crippen molar-refractivity contribution in [3.8, 4) is 5.69 Å². The topological polar surface area (TPSA) is 42.7 Å². The van der Waals surface area contributed by atoms with Crippen LogP contribution in [0.25, 0.3) is 16.9 Å². The van der Waals surface area contributed by atoms with E-state index in [1.165, 1.54) is 5.56 Å². The molecule has 1 aromatic carbocycles. The summed E-state index contributed by atoms with van der Waals surface area (Å²) in [5.74, 6) is 0.838. The second-order valence-corrected chi connectivity index (χ2v) is 4.43. The van der Waals surface area contributed by atoms with Crippen molar-refractivity contribution >= 4 is 17.1 Å². The van der Waals surface area contributed by atoms with Crippen LogP contribution < -0.4 is 5.32 Å². The lowest BCUT2D eigenvalue weighted by Crippen LogP contribution is -2.06. The number of nitrogens with one attached hydrogen (secondary N) is 1. The number of imidazole rings is 1. The molecule has 4 heteroatoms. The Labute approximate surface area is 112 Å². The first-order chi connectivity index (χ1) is 9.31. The van der Waals surface area contributed by atoms with Gasteiger partial charge in [-0.05, 0) is 37.6 Å². The van der Waals surface area contributed by atoms with Gasteiger partial charge >= 0.3 is 0 Å². The Morgan fingerprint density at radius 2 is 2.00 bits per heavy atom. The van der Waals surface area contributed by atoms with Gasteiger partial charge in [0, 0.05) is 12.7 Å². The Bertz CT molecular complexity index is 715. The van der Waals surface area contributed by atoms with Gasteiger partial charge in [0.25, 0.3) is 0 Å². The van der Waals surface area contributed by atoms with Crippen LogP contribution in [0.1, 0.15) is 12.5 Å². The van der Waals surface area contributed by atoms with Gasteiger partial charge < -0.3 is 5.32 Å². The number of hydrogen-bond acceptors (Lipinski definition) is 3. The summed E-state index contributed by atoms with van der Waals surface area (Å²) in [5, 5.41) is 3.30. The number of para-hydroxylation sites is 1. The third-order valence-corrected chi connectivity index (χ3v) is 3.11. The van der Waals surface area contributed by atoms with Crippen molar-refractivity contribution in [3.05, 3.63) is 48.2 Å². The summed E-state index contributed by atoms with van der Waals surface area (Å²) >= 11 is 0. The number of pyridine rings is 1. The molecule has 0 radical (unpaired) electrons. The number of benzene rings is 1. The van der Waals surface area contributed by atoms with Gasteiger partial charge in [-0.25, -0.2) is 9.97 Å². The van der Waals surface area contributed by atoms with Crippen LogP contribution in [0.3, 0.4) is 0 Å². The molecule has 3 aromatic rings. The maximum absolute atomic E-state index is 4.61. The molecule has 2 aromatic heterocycles. The van der Waals surface area contributed by atoms with E-state index in [1.807, 2.05) is 24.3 Å². The third kappa shape index (κ3) is 1.95. The Morgan fingerprint density at radius 1 is 1.16 bits per heavy atom. The van der Waals surface area contributed by atoms with E-state index in [-0.39, 0.29) is 0 Å². The average molecular weight is 252 g/mol. The lowest BCUT2D eigenvalue weighted by Gasteiger charge is -2.11. The summed E-state index contributed by atoms with van der Waals surface area (Å²) in [5.41, 5.74) is 4.10. The van der Waals surface area contributed by atoms with Crippen molar-refractivity contribution in [1.29, 1.82) is 0 Å². The van der Waals surface area contributed by atoms with Gasteiger partial charge in [-0.3, -0.25) is 4.57 Å². The molecule has 0 aliphatic rings. The van der Waals surface area contributed by atoms with E-state index in [0.717, 1.165) is 29.3 Å². The van der Waals surface area contributed by atoms with E-state index in [1.54, 1.807) is 6.20 Å². The average Bonchev–Trinajstić information content (AvgIpc) is 2.78. The molecule has 2 heterocycles. The summed E-state index contributed by atoms with van der Waals surface area (Å²) in [6.45, 7) is 4.99. The molecule has 3 rings (SSSR count). The molecular weight excluding hydrogens is 236 g/mol. The molecule has 19 heavy (non-hydrogen) atoms. The quantitative estimate of drug-likeness (QED) is 0.778. The second-order valence-electron chi connectivity index (χ2n) is 4.43. The highest BCUT2D eigenvalue weighted by Gasteiger charge is 2.13. The largest absolute Gasteiger partial charge is 0.356 e.